The Bertz CT molecular complexity index is 1120. The summed E-state index contributed by atoms with van der Waals surface area (Å²) in [5.74, 6) is 1.26. The second-order valence-electron chi connectivity index (χ2n) is 6.09. The van der Waals surface area contributed by atoms with Crippen molar-refractivity contribution >= 4 is 27.5 Å². The van der Waals surface area contributed by atoms with Gasteiger partial charge in [-0.1, -0.05) is 0 Å². The van der Waals surface area contributed by atoms with Crippen LogP contribution in [-0.2, 0) is 6.54 Å². The van der Waals surface area contributed by atoms with Crippen LogP contribution in [0.15, 0.2) is 61.1 Å². The van der Waals surface area contributed by atoms with E-state index in [2.05, 4.69) is 10.3 Å². The standard InChI is InChI=1S/C21H19N3O3S/c1-26-15-7-8-17(27-2)14(12-15)13-23-20(25)19-18(24-10-3-4-11-24)16-6-5-9-22-21(16)28-19/h3-12H,13H2,1-2H3,(H,23,25). The van der Waals surface area contributed by atoms with E-state index in [-0.39, 0.29) is 5.91 Å². The zero-order valence-corrected chi connectivity index (χ0v) is 16.3. The molecule has 0 fully saturated rings. The second kappa shape index (κ2) is 7.74. The molecule has 0 atom stereocenters. The Morgan fingerprint density at radius 1 is 1.14 bits per heavy atom. The van der Waals surface area contributed by atoms with Crippen molar-refractivity contribution in [3.05, 3.63) is 71.5 Å². The largest absolute Gasteiger partial charge is 0.497 e. The Kier molecular flexibility index (Phi) is 4.99. The highest BCUT2D eigenvalue weighted by molar-refractivity contribution is 7.21. The minimum atomic E-state index is -0.156. The van der Waals surface area contributed by atoms with Gasteiger partial charge in [-0.2, -0.15) is 0 Å². The summed E-state index contributed by atoms with van der Waals surface area (Å²) >= 11 is 1.38. The molecule has 1 N–H and O–H groups in total. The summed E-state index contributed by atoms with van der Waals surface area (Å²) in [7, 11) is 3.21. The van der Waals surface area contributed by atoms with Crippen LogP contribution in [0, 0.1) is 0 Å². The van der Waals surface area contributed by atoms with Gasteiger partial charge in [-0.05, 0) is 42.5 Å². The van der Waals surface area contributed by atoms with Gasteiger partial charge < -0.3 is 19.4 Å². The fourth-order valence-electron chi connectivity index (χ4n) is 3.09. The quantitative estimate of drug-likeness (QED) is 0.537. The van der Waals surface area contributed by atoms with Crippen LogP contribution in [0.3, 0.4) is 0 Å². The molecule has 1 amide bonds. The molecule has 4 rings (SSSR count). The molecule has 0 saturated heterocycles. The molecule has 6 nitrogen and oxygen atoms in total. The molecule has 0 aliphatic heterocycles. The molecule has 0 bridgehead atoms. The predicted molar refractivity (Wildman–Crippen MR) is 110 cm³/mol. The maximum absolute atomic E-state index is 13.0. The first-order chi connectivity index (χ1) is 13.7. The normalized spacial score (nSPS) is 10.8. The summed E-state index contributed by atoms with van der Waals surface area (Å²) in [5, 5.41) is 3.95. The van der Waals surface area contributed by atoms with Gasteiger partial charge in [0.1, 0.15) is 21.2 Å². The number of carbonyl (C=O) groups is 1. The van der Waals surface area contributed by atoms with Crippen molar-refractivity contribution in [3.8, 4) is 17.2 Å². The van der Waals surface area contributed by atoms with Gasteiger partial charge in [-0.25, -0.2) is 4.98 Å². The van der Waals surface area contributed by atoms with Crippen molar-refractivity contribution in [2.45, 2.75) is 6.54 Å². The smallest absolute Gasteiger partial charge is 0.263 e. The molecule has 1 aromatic carbocycles. The first-order valence-corrected chi connectivity index (χ1v) is 9.53. The summed E-state index contributed by atoms with van der Waals surface area (Å²) in [6.07, 6.45) is 5.59. The summed E-state index contributed by atoms with van der Waals surface area (Å²) < 4.78 is 12.6. The van der Waals surface area contributed by atoms with Crippen molar-refractivity contribution in [2.75, 3.05) is 14.2 Å². The first-order valence-electron chi connectivity index (χ1n) is 8.71. The molecule has 3 aromatic heterocycles. The van der Waals surface area contributed by atoms with Crippen LogP contribution in [0.1, 0.15) is 15.2 Å². The molecular weight excluding hydrogens is 374 g/mol. The van der Waals surface area contributed by atoms with E-state index in [4.69, 9.17) is 9.47 Å². The summed E-state index contributed by atoms with van der Waals surface area (Å²) in [5.41, 5.74) is 1.69. The van der Waals surface area contributed by atoms with E-state index in [0.717, 1.165) is 21.5 Å². The second-order valence-corrected chi connectivity index (χ2v) is 7.09. The number of thiophene rings is 1. The van der Waals surface area contributed by atoms with Crippen LogP contribution in [-0.4, -0.2) is 29.7 Å². The van der Waals surface area contributed by atoms with Crippen LogP contribution in [0.4, 0.5) is 0 Å². The number of pyridine rings is 1. The molecule has 0 aliphatic carbocycles. The third-order valence-electron chi connectivity index (χ3n) is 4.44. The van der Waals surface area contributed by atoms with Crippen LogP contribution >= 0.6 is 11.3 Å². The number of carbonyl (C=O) groups excluding carboxylic acids is 1. The third kappa shape index (κ3) is 3.32. The number of aromatic nitrogens is 2. The zero-order chi connectivity index (χ0) is 19.5. The molecule has 0 spiro atoms. The van der Waals surface area contributed by atoms with Gasteiger partial charge in [-0.3, -0.25) is 4.79 Å². The lowest BCUT2D eigenvalue weighted by Crippen LogP contribution is -2.23. The van der Waals surface area contributed by atoms with Crippen LogP contribution in [0.25, 0.3) is 15.9 Å². The monoisotopic (exact) mass is 393 g/mol. The number of hydrogen-bond donors (Lipinski definition) is 1. The summed E-state index contributed by atoms with van der Waals surface area (Å²) in [6.45, 7) is 0.325. The molecule has 28 heavy (non-hydrogen) atoms. The van der Waals surface area contributed by atoms with E-state index >= 15 is 0 Å². The van der Waals surface area contributed by atoms with E-state index in [0.29, 0.717) is 22.9 Å². The highest BCUT2D eigenvalue weighted by Crippen LogP contribution is 2.33. The van der Waals surface area contributed by atoms with Crippen molar-refractivity contribution in [3.63, 3.8) is 0 Å². The molecule has 142 valence electrons. The molecule has 0 aliphatic rings. The fourth-order valence-corrected chi connectivity index (χ4v) is 4.15. The van der Waals surface area contributed by atoms with E-state index in [9.17, 15) is 4.79 Å². The van der Waals surface area contributed by atoms with E-state index < -0.39 is 0 Å². The van der Waals surface area contributed by atoms with Crippen LogP contribution in [0.5, 0.6) is 11.5 Å². The number of fused-ring (bicyclic) bond motifs is 1. The number of methoxy groups -OCH3 is 2. The van der Waals surface area contributed by atoms with Crippen LogP contribution in [0.2, 0.25) is 0 Å². The summed E-state index contributed by atoms with van der Waals surface area (Å²) in [4.78, 5) is 18.9. The number of hydrogen-bond acceptors (Lipinski definition) is 5. The van der Waals surface area contributed by atoms with E-state index in [1.807, 2.05) is 59.4 Å². The molecule has 0 saturated carbocycles. The topological polar surface area (TPSA) is 65.4 Å². The molecule has 0 radical (unpaired) electrons. The van der Waals surface area contributed by atoms with Crippen molar-refractivity contribution in [1.29, 1.82) is 0 Å². The highest BCUT2D eigenvalue weighted by Gasteiger charge is 2.20. The van der Waals surface area contributed by atoms with Crippen molar-refractivity contribution in [1.82, 2.24) is 14.9 Å². The number of ether oxygens (including phenoxy) is 2. The lowest BCUT2D eigenvalue weighted by Gasteiger charge is -2.12. The zero-order valence-electron chi connectivity index (χ0n) is 15.5. The Morgan fingerprint density at radius 3 is 2.71 bits per heavy atom. The first kappa shape index (κ1) is 18.1. The molecule has 0 unspecified atom stereocenters. The van der Waals surface area contributed by atoms with Gasteiger partial charge in [0, 0.05) is 36.1 Å². The van der Waals surface area contributed by atoms with Gasteiger partial charge in [0.15, 0.2) is 0 Å². The SMILES string of the molecule is COc1ccc(OC)c(CNC(=O)c2sc3ncccc3c2-n2cccc2)c1. The number of nitrogens with one attached hydrogen (secondary N) is 1. The Balaban J connectivity index is 1.66. The minimum Gasteiger partial charge on any atom is -0.497 e. The average molecular weight is 393 g/mol. The maximum atomic E-state index is 13.0. The number of amides is 1. The van der Waals surface area contributed by atoms with E-state index in [1.165, 1.54) is 11.3 Å². The Labute approximate surface area is 166 Å². The molecule has 7 heteroatoms. The average Bonchev–Trinajstić information content (AvgIpc) is 3.39. The van der Waals surface area contributed by atoms with Crippen LogP contribution < -0.4 is 14.8 Å². The van der Waals surface area contributed by atoms with Crippen molar-refractivity contribution < 1.29 is 14.3 Å². The molecular formula is C21H19N3O3S. The van der Waals surface area contributed by atoms with E-state index in [1.54, 1.807) is 20.4 Å². The lowest BCUT2D eigenvalue weighted by atomic mass is 10.2. The lowest BCUT2D eigenvalue weighted by molar-refractivity contribution is 0.0954. The van der Waals surface area contributed by atoms with Gasteiger partial charge in [0.2, 0.25) is 0 Å². The van der Waals surface area contributed by atoms with Gasteiger partial charge in [-0.15, -0.1) is 11.3 Å². The fraction of sp³-hybridized carbons (Fsp3) is 0.143. The van der Waals surface area contributed by atoms with Gasteiger partial charge >= 0.3 is 0 Å². The highest BCUT2D eigenvalue weighted by atomic mass is 32.1. The predicted octanol–water partition coefficient (Wildman–Crippen LogP) is 4.03. The van der Waals surface area contributed by atoms with Gasteiger partial charge in [0.25, 0.3) is 5.91 Å². The Hall–Kier alpha value is -3.32. The molecule has 3 heterocycles. The van der Waals surface area contributed by atoms with Crippen molar-refractivity contribution in [2.24, 2.45) is 0 Å². The van der Waals surface area contributed by atoms with Gasteiger partial charge in [0.05, 0.1) is 19.9 Å². The Morgan fingerprint density at radius 2 is 1.96 bits per heavy atom. The minimum absolute atomic E-state index is 0.156. The number of rotatable bonds is 6. The number of nitrogens with zero attached hydrogens (tertiary/aromatic N) is 2. The maximum Gasteiger partial charge on any atom is 0.263 e. The molecule has 4 aromatic rings. The summed E-state index contributed by atoms with van der Waals surface area (Å²) in [6, 6.07) is 13.2. The third-order valence-corrected chi connectivity index (χ3v) is 5.54. The number of benzene rings is 1.